The van der Waals surface area contributed by atoms with Crippen LogP contribution in [-0.2, 0) is 0 Å². The summed E-state index contributed by atoms with van der Waals surface area (Å²) in [6.07, 6.45) is 10.3. The zero-order valence-electron chi connectivity index (χ0n) is 17.8. The summed E-state index contributed by atoms with van der Waals surface area (Å²) in [6, 6.07) is 12.0. The molecule has 0 spiro atoms. The lowest BCUT2D eigenvalue weighted by atomic mass is 9.98. The molecule has 0 aliphatic carbocycles. The fourth-order valence-electron chi connectivity index (χ4n) is 5.33. The lowest BCUT2D eigenvalue weighted by Gasteiger charge is -2.36. The van der Waals surface area contributed by atoms with E-state index in [2.05, 4.69) is 41.3 Å². The maximum absolute atomic E-state index is 5.60. The minimum atomic E-state index is 0.416. The number of aryl methyl sites for hydroxylation is 1. The van der Waals surface area contributed by atoms with E-state index in [0.717, 1.165) is 35.5 Å². The summed E-state index contributed by atoms with van der Waals surface area (Å²) < 4.78 is 7.56. The normalized spacial score (nSPS) is 23.5. The highest BCUT2D eigenvalue weighted by Crippen LogP contribution is 2.36. The van der Waals surface area contributed by atoms with Gasteiger partial charge in [0.05, 0.1) is 5.69 Å². The molecule has 0 radical (unpaired) electrons. The predicted molar refractivity (Wildman–Crippen MR) is 120 cm³/mol. The molecule has 31 heavy (non-hydrogen) atoms. The molecule has 4 aromatic rings. The molecule has 2 aliphatic rings. The summed E-state index contributed by atoms with van der Waals surface area (Å²) in [6.45, 7) is 2.10. The van der Waals surface area contributed by atoms with Crippen molar-refractivity contribution < 1.29 is 4.42 Å². The van der Waals surface area contributed by atoms with Crippen LogP contribution in [0.1, 0.15) is 31.2 Å². The Morgan fingerprint density at radius 2 is 1.87 bits per heavy atom. The first kappa shape index (κ1) is 18.6. The van der Waals surface area contributed by atoms with E-state index in [9.17, 15) is 0 Å². The Morgan fingerprint density at radius 1 is 1.06 bits per heavy atom. The molecule has 7 heteroatoms. The van der Waals surface area contributed by atoms with E-state index in [1.807, 2.05) is 35.0 Å². The van der Waals surface area contributed by atoms with Gasteiger partial charge in [0.25, 0.3) is 0 Å². The van der Waals surface area contributed by atoms with Crippen LogP contribution in [0.15, 0.2) is 53.4 Å². The average Bonchev–Trinajstić information content (AvgIpc) is 3.40. The van der Waals surface area contributed by atoms with Crippen molar-refractivity contribution in [1.29, 1.82) is 0 Å². The van der Waals surface area contributed by atoms with Gasteiger partial charge in [0.1, 0.15) is 17.7 Å². The molecular formula is C24H26N6O. The van der Waals surface area contributed by atoms with Gasteiger partial charge in [-0.05, 0) is 51.3 Å². The molecule has 2 unspecified atom stereocenters. The Hall–Kier alpha value is -3.19. The van der Waals surface area contributed by atoms with Crippen molar-refractivity contribution in [2.45, 2.75) is 50.7 Å². The molecule has 2 atom stereocenters. The minimum Gasteiger partial charge on any atom is -0.432 e. The second-order valence-electron chi connectivity index (χ2n) is 8.81. The summed E-state index contributed by atoms with van der Waals surface area (Å²) in [5.41, 5.74) is 4.88. The van der Waals surface area contributed by atoms with Crippen molar-refractivity contribution >= 4 is 11.8 Å². The molecule has 158 valence electrons. The van der Waals surface area contributed by atoms with Gasteiger partial charge in [0.15, 0.2) is 0 Å². The van der Waals surface area contributed by atoms with Gasteiger partial charge in [0, 0.05) is 36.1 Å². The van der Waals surface area contributed by atoms with Gasteiger partial charge in [-0.25, -0.2) is 9.97 Å². The third kappa shape index (κ3) is 3.11. The topological polar surface area (TPSA) is 71.5 Å². The Kier molecular flexibility index (Phi) is 4.31. The number of imidazole rings is 1. The van der Waals surface area contributed by atoms with Gasteiger partial charge < -0.3 is 14.6 Å². The number of benzene rings is 1. The first-order valence-electron chi connectivity index (χ1n) is 11.0. The second kappa shape index (κ2) is 7.20. The summed E-state index contributed by atoms with van der Waals surface area (Å²) in [7, 11) is 2.26. The predicted octanol–water partition coefficient (Wildman–Crippen LogP) is 4.40. The third-order valence-corrected chi connectivity index (χ3v) is 6.99. The zero-order chi connectivity index (χ0) is 20.9. The number of fused-ring (bicyclic) bond motifs is 3. The molecule has 3 aromatic heterocycles. The van der Waals surface area contributed by atoms with E-state index >= 15 is 0 Å². The number of aromatic nitrogens is 4. The largest absolute Gasteiger partial charge is 0.432 e. The van der Waals surface area contributed by atoms with Crippen molar-refractivity contribution in [2.75, 3.05) is 12.4 Å². The highest BCUT2D eigenvalue weighted by atomic mass is 16.3. The van der Waals surface area contributed by atoms with Crippen LogP contribution >= 0.6 is 0 Å². The first-order valence-corrected chi connectivity index (χ1v) is 11.0. The maximum Gasteiger partial charge on any atom is 0.306 e. The first-order chi connectivity index (χ1) is 15.2. The SMILES string of the molecule is Cc1ccccc1-c1nc2occn2c1-c1ccnc(NC2CC3CCC(C2)N3C)n1. The monoisotopic (exact) mass is 414 g/mol. The van der Waals surface area contributed by atoms with Crippen LogP contribution in [0.25, 0.3) is 28.5 Å². The molecule has 2 fully saturated rings. The molecule has 1 N–H and O–H groups in total. The van der Waals surface area contributed by atoms with Crippen LogP contribution in [0, 0.1) is 6.92 Å². The van der Waals surface area contributed by atoms with Crippen LogP contribution in [0.3, 0.4) is 0 Å². The van der Waals surface area contributed by atoms with Gasteiger partial charge in [-0.15, -0.1) is 0 Å². The van der Waals surface area contributed by atoms with Gasteiger partial charge >= 0.3 is 5.84 Å². The Bertz CT molecular complexity index is 1230. The van der Waals surface area contributed by atoms with Gasteiger partial charge in [0.2, 0.25) is 5.95 Å². The van der Waals surface area contributed by atoms with Crippen LogP contribution in [-0.4, -0.2) is 49.4 Å². The van der Waals surface area contributed by atoms with E-state index in [4.69, 9.17) is 14.4 Å². The smallest absolute Gasteiger partial charge is 0.306 e. The van der Waals surface area contributed by atoms with Crippen molar-refractivity contribution in [3.05, 3.63) is 54.6 Å². The van der Waals surface area contributed by atoms with Gasteiger partial charge in [-0.3, -0.25) is 4.40 Å². The fourth-order valence-corrected chi connectivity index (χ4v) is 5.33. The van der Waals surface area contributed by atoms with Crippen molar-refractivity contribution in [3.63, 3.8) is 0 Å². The number of nitrogens with one attached hydrogen (secondary N) is 1. The van der Waals surface area contributed by atoms with Crippen LogP contribution < -0.4 is 5.32 Å². The molecule has 7 nitrogen and oxygen atoms in total. The average molecular weight is 415 g/mol. The van der Waals surface area contributed by atoms with Gasteiger partial charge in [-0.1, -0.05) is 24.3 Å². The van der Waals surface area contributed by atoms with Crippen molar-refractivity contribution in [2.24, 2.45) is 0 Å². The molecule has 2 bridgehead atoms. The Morgan fingerprint density at radius 3 is 2.68 bits per heavy atom. The van der Waals surface area contributed by atoms with E-state index in [1.54, 1.807) is 6.26 Å². The van der Waals surface area contributed by atoms with E-state index < -0.39 is 0 Å². The summed E-state index contributed by atoms with van der Waals surface area (Å²) >= 11 is 0. The Labute approximate surface area is 181 Å². The summed E-state index contributed by atoms with van der Waals surface area (Å²) in [5, 5.41) is 3.62. The third-order valence-electron chi connectivity index (χ3n) is 6.99. The zero-order valence-corrected chi connectivity index (χ0v) is 17.8. The van der Waals surface area contributed by atoms with Crippen molar-refractivity contribution in [3.8, 4) is 22.6 Å². The molecule has 5 heterocycles. The molecule has 1 aromatic carbocycles. The van der Waals surface area contributed by atoms with E-state index in [0.29, 0.717) is 29.9 Å². The van der Waals surface area contributed by atoms with E-state index in [-0.39, 0.29) is 0 Å². The number of hydrogen-bond acceptors (Lipinski definition) is 6. The number of rotatable bonds is 4. The lowest BCUT2D eigenvalue weighted by molar-refractivity contribution is 0.168. The number of oxazole rings is 1. The molecule has 0 saturated carbocycles. The highest BCUT2D eigenvalue weighted by Gasteiger charge is 2.38. The molecule has 2 saturated heterocycles. The van der Waals surface area contributed by atoms with E-state index in [1.165, 1.54) is 18.4 Å². The van der Waals surface area contributed by atoms with Crippen LogP contribution in [0.5, 0.6) is 0 Å². The molecule has 0 amide bonds. The number of nitrogens with zero attached hydrogens (tertiary/aromatic N) is 5. The Balaban J connectivity index is 1.37. The standard InChI is InChI=1S/C24H26N6O/c1-15-5-3-4-6-19(15)21-22(30-11-12-31-24(30)28-21)20-9-10-25-23(27-20)26-16-13-17-7-8-18(14-16)29(17)2/h3-6,9-12,16-18H,7-8,13-14H2,1-2H3,(H,25,26,27). The van der Waals surface area contributed by atoms with Crippen LogP contribution in [0.2, 0.25) is 0 Å². The van der Waals surface area contributed by atoms with Crippen LogP contribution in [0.4, 0.5) is 5.95 Å². The summed E-state index contributed by atoms with van der Waals surface area (Å²) in [4.78, 5) is 16.8. The lowest BCUT2D eigenvalue weighted by Crippen LogP contribution is -2.44. The summed E-state index contributed by atoms with van der Waals surface area (Å²) in [5.74, 6) is 1.24. The minimum absolute atomic E-state index is 0.416. The molecule has 2 aliphatic heterocycles. The highest BCUT2D eigenvalue weighted by molar-refractivity contribution is 5.81. The maximum atomic E-state index is 5.60. The quantitative estimate of drug-likeness (QED) is 0.534. The van der Waals surface area contributed by atoms with Gasteiger partial charge in [-0.2, -0.15) is 4.98 Å². The molecule has 6 rings (SSSR count). The fraction of sp³-hybridized carbons (Fsp3) is 0.375. The number of piperidine rings is 1. The number of hydrogen-bond donors (Lipinski definition) is 1. The van der Waals surface area contributed by atoms with Crippen molar-refractivity contribution in [1.82, 2.24) is 24.3 Å². The second-order valence-corrected chi connectivity index (χ2v) is 8.81. The molecular weight excluding hydrogens is 388 g/mol. The number of anilines is 1.